The highest BCUT2D eigenvalue weighted by molar-refractivity contribution is 5.77. The van der Waals surface area contributed by atoms with Crippen LogP contribution in [0.3, 0.4) is 0 Å². The molecule has 0 spiro atoms. The molecule has 1 saturated heterocycles. The smallest absolute Gasteiger partial charge is 0.254 e. The fourth-order valence-electron chi connectivity index (χ4n) is 3.60. The van der Waals surface area contributed by atoms with Crippen LogP contribution in [0.25, 0.3) is 11.4 Å². The lowest BCUT2D eigenvalue weighted by Gasteiger charge is -2.35. The van der Waals surface area contributed by atoms with Gasteiger partial charge in [0.15, 0.2) is 0 Å². The second-order valence-electron chi connectivity index (χ2n) is 7.79. The quantitative estimate of drug-likeness (QED) is 0.612. The van der Waals surface area contributed by atoms with E-state index in [4.69, 9.17) is 0 Å². The van der Waals surface area contributed by atoms with Gasteiger partial charge in [0.2, 0.25) is 5.91 Å². The van der Waals surface area contributed by atoms with Crippen molar-refractivity contribution in [2.45, 2.75) is 20.3 Å². The number of carbonyl (C=O) groups is 1. The topological polar surface area (TPSA) is 107 Å². The lowest BCUT2D eigenvalue weighted by atomic mass is 10.2. The van der Waals surface area contributed by atoms with Gasteiger partial charge in [0.25, 0.3) is 5.56 Å². The molecule has 9 heteroatoms. The summed E-state index contributed by atoms with van der Waals surface area (Å²) in [5, 5.41) is 3.19. The maximum absolute atomic E-state index is 12.6. The lowest BCUT2D eigenvalue weighted by molar-refractivity contribution is -0.131. The molecule has 1 amide bonds. The van der Waals surface area contributed by atoms with Crippen molar-refractivity contribution in [2.75, 3.05) is 42.9 Å². The Bertz CT molecular complexity index is 1120. The van der Waals surface area contributed by atoms with Crippen molar-refractivity contribution in [3.63, 3.8) is 0 Å². The Kier molecular flexibility index (Phi) is 6.44. The molecule has 1 fully saturated rings. The number of pyridine rings is 2. The van der Waals surface area contributed by atoms with Crippen molar-refractivity contribution in [1.82, 2.24) is 24.8 Å². The average Bonchev–Trinajstić information content (AvgIpc) is 2.83. The first-order valence-corrected chi connectivity index (χ1v) is 10.7. The SMILES string of the molecule is Cc1nc(-c2ccc(NCCC(=O)N3CCN(c4ccccn4)CC3)nc2)[nH]c(=O)c1C. The molecule has 3 aromatic heterocycles. The maximum Gasteiger partial charge on any atom is 0.254 e. The Labute approximate surface area is 186 Å². The number of nitrogens with one attached hydrogen (secondary N) is 2. The van der Waals surface area contributed by atoms with Gasteiger partial charge in [0, 0.05) is 68.4 Å². The van der Waals surface area contributed by atoms with E-state index in [1.165, 1.54) is 0 Å². The molecule has 2 N–H and O–H groups in total. The first-order chi connectivity index (χ1) is 15.5. The number of nitrogens with zero attached hydrogens (tertiary/aromatic N) is 5. The zero-order chi connectivity index (χ0) is 22.5. The number of rotatable bonds is 6. The number of anilines is 2. The van der Waals surface area contributed by atoms with E-state index in [-0.39, 0.29) is 11.5 Å². The van der Waals surface area contributed by atoms with Crippen molar-refractivity contribution < 1.29 is 4.79 Å². The molecule has 32 heavy (non-hydrogen) atoms. The molecule has 0 aliphatic carbocycles. The summed E-state index contributed by atoms with van der Waals surface area (Å²) in [5.41, 5.74) is 1.90. The number of piperazine rings is 1. The van der Waals surface area contributed by atoms with Gasteiger partial charge in [-0.3, -0.25) is 9.59 Å². The number of aryl methyl sites for hydroxylation is 1. The third-order valence-corrected chi connectivity index (χ3v) is 5.68. The highest BCUT2D eigenvalue weighted by Crippen LogP contribution is 2.16. The average molecular weight is 434 g/mol. The third-order valence-electron chi connectivity index (χ3n) is 5.68. The van der Waals surface area contributed by atoms with Gasteiger partial charge in [-0.25, -0.2) is 15.0 Å². The summed E-state index contributed by atoms with van der Waals surface area (Å²) in [5.74, 6) is 2.26. The van der Waals surface area contributed by atoms with Gasteiger partial charge < -0.3 is 20.1 Å². The summed E-state index contributed by atoms with van der Waals surface area (Å²) >= 11 is 0. The van der Waals surface area contributed by atoms with Crippen LogP contribution in [0.5, 0.6) is 0 Å². The summed E-state index contributed by atoms with van der Waals surface area (Å²) < 4.78 is 0. The number of aromatic nitrogens is 4. The standard InChI is InChI=1S/C23H27N7O2/c1-16-17(2)27-22(28-23(16)32)18-6-7-19(26-15-18)24-10-8-21(31)30-13-11-29(12-14-30)20-5-3-4-9-25-20/h3-7,9,15H,8,10-14H2,1-2H3,(H,24,26)(H,27,28,32). The van der Waals surface area contributed by atoms with Crippen molar-refractivity contribution >= 4 is 17.5 Å². The zero-order valence-electron chi connectivity index (χ0n) is 18.3. The molecule has 1 aliphatic rings. The molecule has 0 atom stereocenters. The van der Waals surface area contributed by atoms with Crippen LogP contribution < -0.4 is 15.8 Å². The van der Waals surface area contributed by atoms with Crippen LogP contribution in [0, 0.1) is 13.8 Å². The minimum absolute atomic E-state index is 0.131. The number of hydrogen-bond acceptors (Lipinski definition) is 7. The summed E-state index contributed by atoms with van der Waals surface area (Å²) in [6.45, 7) is 7.03. The van der Waals surface area contributed by atoms with Crippen LogP contribution in [-0.4, -0.2) is 63.5 Å². The predicted molar refractivity (Wildman–Crippen MR) is 124 cm³/mol. The van der Waals surface area contributed by atoms with E-state index in [0.717, 1.165) is 24.5 Å². The van der Waals surface area contributed by atoms with Crippen LogP contribution in [-0.2, 0) is 4.79 Å². The molecular formula is C23H27N7O2. The molecule has 0 aromatic carbocycles. The molecule has 0 radical (unpaired) electrons. The Morgan fingerprint density at radius 3 is 2.56 bits per heavy atom. The first kappa shape index (κ1) is 21.5. The number of hydrogen-bond donors (Lipinski definition) is 2. The van der Waals surface area contributed by atoms with Crippen molar-refractivity contribution in [2.24, 2.45) is 0 Å². The van der Waals surface area contributed by atoms with Crippen LogP contribution in [0.1, 0.15) is 17.7 Å². The van der Waals surface area contributed by atoms with E-state index in [1.807, 2.05) is 42.2 Å². The van der Waals surface area contributed by atoms with Crippen LogP contribution >= 0.6 is 0 Å². The second-order valence-corrected chi connectivity index (χ2v) is 7.79. The largest absolute Gasteiger partial charge is 0.370 e. The van der Waals surface area contributed by atoms with Crippen LogP contribution in [0.4, 0.5) is 11.6 Å². The molecule has 9 nitrogen and oxygen atoms in total. The summed E-state index contributed by atoms with van der Waals surface area (Å²) in [6.07, 6.45) is 3.85. The molecule has 0 bridgehead atoms. The minimum atomic E-state index is -0.144. The van der Waals surface area contributed by atoms with Crippen LogP contribution in [0.2, 0.25) is 0 Å². The van der Waals surface area contributed by atoms with Gasteiger partial charge in [-0.15, -0.1) is 0 Å². The van der Waals surface area contributed by atoms with Crippen molar-refractivity contribution in [3.05, 3.63) is 64.3 Å². The van der Waals surface area contributed by atoms with E-state index in [0.29, 0.717) is 49.0 Å². The van der Waals surface area contributed by atoms with E-state index in [1.54, 1.807) is 19.3 Å². The highest BCUT2D eigenvalue weighted by atomic mass is 16.2. The number of H-pyrrole nitrogens is 1. The Morgan fingerprint density at radius 2 is 1.91 bits per heavy atom. The third kappa shape index (κ3) is 4.93. The fraction of sp³-hybridized carbons (Fsp3) is 0.348. The minimum Gasteiger partial charge on any atom is -0.370 e. The molecule has 4 heterocycles. The van der Waals surface area contributed by atoms with E-state index in [9.17, 15) is 9.59 Å². The molecule has 0 saturated carbocycles. The number of carbonyl (C=O) groups excluding carboxylic acids is 1. The maximum atomic E-state index is 12.6. The predicted octanol–water partition coefficient (Wildman–Crippen LogP) is 1.99. The molecule has 1 aliphatic heterocycles. The number of amides is 1. The molecular weight excluding hydrogens is 406 g/mol. The Morgan fingerprint density at radius 1 is 1.09 bits per heavy atom. The summed E-state index contributed by atoms with van der Waals surface area (Å²) in [4.78, 5) is 44.6. The van der Waals surface area contributed by atoms with Gasteiger partial charge in [-0.05, 0) is 38.1 Å². The summed E-state index contributed by atoms with van der Waals surface area (Å²) in [7, 11) is 0. The zero-order valence-corrected chi connectivity index (χ0v) is 18.3. The highest BCUT2D eigenvalue weighted by Gasteiger charge is 2.21. The van der Waals surface area contributed by atoms with E-state index in [2.05, 4.69) is 30.2 Å². The fourth-order valence-corrected chi connectivity index (χ4v) is 3.60. The molecule has 0 unspecified atom stereocenters. The first-order valence-electron chi connectivity index (χ1n) is 10.7. The second kappa shape index (κ2) is 9.59. The lowest BCUT2D eigenvalue weighted by Crippen LogP contribution is -2.49. The molecule has 3 aromatic rings. The summed E-state index contributed by atoms with van der Waals surface area (Å²) in [6, 6.07) is 9.54. The molecule has 4 rings (SSSR count). The molecule has 166 valence electrons. The van der Waals surface area contributed by atoms with Crippen LogP contribution in [0.15, 0.2) is 47.5 Å². The Hall–Kier alpha value is -3.75. The van der Waals surface area contributed by atoms with Gasteiger partial charge in [-0.2, -0.15) is 0 Å². The van der Waals surface area contributed by atoms with Crippen molar-refractivity contribution in [3.8, 4) is 11.4 Å². The van der Waals surface area contributed by atoms with Gasteiger partial charge in [0.05, 0.1) is 0 Å². The van der Waals surface area contributed by atoms with Gasteiger partial charge in [-0.1, -0.05) is 6.07 Å². The van der Waals surface area contributed by atoms with Gasteiger partial charge >= 0.3 is 0 Å². The number of aromatic amines is 1. The normalized spacial score (nSPS) is 13.8. The van der Waals surface area contributed by atoms with E-state index >= 15 is 0 Å². The van der Waals surface area contributed by atoms with Gasteiger partial charge in [0.1, 0.15) is 17.5 Å². The van der Waals surface area contributed by atoms with E-state index < -0.39 is 0 Å². The monoisotopic (exact) mass is 433 g/mol. The Balaban J connectivity index is 1.25. The van der Waals surface area contributed by atoms with Crippen molar-refractivity contribution in [1.29, 1.82) is 0 Å².